The van der Waals surface area contributed by atoms with Gasteiger partial charge in [-0.05, 0) is 42.5 Å². The van der Waals surface area contributed by atoms with E-state index in [1.54, 1.807) is 0 Å². The van der Waals surface area contributed by atoms with Gasteiger partial charge in [-0.25, -0.2) is 13.8 Å². The molecule has 0 saturated heterocycles. The zero-order valence-corrected chi connectivity index (χ0v) is 10.7. The van der Waals surface area contributed by atoms with Crippen molar-refractivity contribution in [3.05, 3.63) is 65.2 Å². The second-order valence-electron chi connectivity index (χ2n) is 4.54. The average Bonchev–Trinajstić information content (AvgIpc) is 2.58. The number of benzene rings is 2. The van der Waals surface area contributed by atoms with Crippen molar-refractivity contribution in [1.29, 1.82) is 0 Å². The first kappa shape index (κ1) is 13.4. The van der Waals surface area contributed by atoms with Crippen LogP contribution in [0.4, 0.5) is 14.5 Å². The Morgan fingerprint density at radius 2 is 1.71 bits per heavy atom. The lowest BCUT2D eigenvalue weighted by Crippen LogP contribution is -2.24. The summed E-state index contributed by atoms with van der Waals surface area (Å²) in [4.78, 5) is 15.6. The molecule has 1 aliphatic heterocycles. The molecule has 3 rings (SSSR count). The molecule has 1 atom stereocenters. The van der Waals surface area contributed by atoms with Crippen molar-refractivity contribution >= 4 is 17.3 Å². The minimum Gasteiger partial charge on any atom is -0.364 e. The Morgan fingerprint density at radius 1 is 1.05 bits per heavy atom. The molecule has 4 nitrogen and oxygen atoms in total. The monoisotopic (exact) mass is 288 g/mol. The van der Waals surface area contributed by atoms with Gasteiger partial charge in [-0.1, -0.05) is 0 Å². The topological polar surface area (TPSA) is 61.7 Å². The second-order valence-corrected chi connectivity index (χ2v) is 4.54. The van der Waals surface area contributed by atoms with Crippen LogP contribution in [0.5, 0.6) is 0 Å². The van der Waals surface area contributed by atoms with Gasteiger partial charge in [0, 0.05) is 11.1 Å². The van der Waals surface area contributed by atoms with Crippen molar-refractivity contribution in [1.82, 2.24) is 0 Å². The largest absolute Gasteiger partial charge is 0.364 e. The molecular weight excluding hydrogens is 278 g/mol. The van der Waals surface area contributed by atoms with Gasteiger partial charge in [0.15, 0.2) is 0 Å². The summed E-state index contributed by atoms with van der Waals surface area (Å²) in [7, 11) is 0. The van der Waals surface area contributed by atoms with E-state index < -0.39 is 23.8 Å². The number of aliphatic hydroxyl groups is 1. The predicted octanol–water partition coefficient (Wildman–Crippen LogP) is 2.07. The van der Waals surface area contributed by atoms with E-state index in [4.69, 9.17) is 0 Å². The molecule has 0 spiro atoms. The molecule has 6 heteroatoms. The molecule has 1 aliphatic rings. The van der Waals surface area contributed by atoms with Crippen LogP contribution in [0.1, 0.15) is 11.1 Å². The van der Waals surface area contributed by atoms with Crippen LogP contribution in [0.2, 0.25) is 0 Å². The summed E-state index contributed by atoms with van der Waals surface area (Å²) < 4.78 is 26.5. The van der Waals surface area contributed by atoms with E-state index in [2.05, 4.69) is 10.3 Å². The molecule has 2 N–H and O–H groups in total. The molecule has 106 valence electrons. The van der Waals surface area contributed by atoms with Crippen LogP contribution in [-0.4, -0.2) is 23.0 Å². The summed E-state index contributed by atoms with van der Waals surface area (Å²) in [5, 5.41) is 12.2. The number of benzodiazepines with no additional fused rings is 1. The average molecular weight is 288 g/mol. The van der Waals surface area contributed by atoms with Crippen LogP contribution < -0.4 is 5.32 Å². The lowest BCUT2D eigenvalue weighted by atomic mass is 10.0. The van der Waals surface area contributed by atoms with E-state index in [-0.39, 0.29) is 5.71 Å². The maximum absolute atomic E-state index is 13.5. The molecular formula is C15H10F2N2O2. The summed E-state index contributed by atoms with van der Waals surface area (Å²) >= 11 is 0. The molecule has 0 aromatic heterocycles. The van der Waals surface area contributed by atoms with E-state index in [0.29, 0.717) is 16.8 Å². The normalized spacial score (nSPS) is 17.6. The Morgan fingerprint density at radius 3 is 2.43 bits per heavy atom. The predicted molar refractivity (Wildman–Crippen MR) is 73.1 cm³/mol. The van der Waals surface area contributed by atoms with Gasteiger partial charge in [0.05, 0.1) is 11.4 Å². The number of aliphatic hydroxyl groups excluding tert-OH is 1. The van der Waals surface area contributed by atoms with E-state index >= 15 is 0 Å². The minimum absolute atomic E-state index is 0.218. The Kier molecular flexibility index (Phi) is 3.23. The Balaban J connectivity index is 2.21. The molecule has 1 unspecified atom stereocenters. The molecule has 2 aromatic carbocycles. The van der Waals surface area contributed by atoms with Crippen LogP contribution >= 0.6 is 0 Å². The molecule has 1 heterocycles. The van der Waals surface area contributed by atoms with Gasteiger partial charge in [-0.15, -0.1) is 0 Å². The van der Waals surface area contributed by atoms with Crippen LogP contribution in [0.3, 0.4) is 0 Å². The summed E-state index contributed by atoms with van der Waals surface area (Å²) in [6, 6.07) is 9.14. The zero-order chi connectivity index (χ0) is 15.0. The van der Waals surface area contributed by atoms with E-state index in [1.165, 1.54) is 42.5 Å². The third-order valence-electron chi connectivity index (χ3n) is 3.10. The summed E-state index contributed by atoms with van der Waals surface area (Å²) in [5.41, 5.74) is 1.35. The minimum atomic E-state index is -1.61. The van der Waals surface area contributed by atoms with Crippen LogP contribution in [-0.2, 0) is 4.79 Å². The standard InChI is InChI=1S/C15H10F2N2O2/c16-9-3-1-8(2-4-9)13-11-7-10(17)5-6-12(11)18-14(20)15(21)19-13/h1-7,15,21H,(H,18,20). The van der Waals surface area contributed by atoms with Gasteiger partial charge in [0.2, 0.25) is 6.23 Å². The highest BCUT2D eigenvalue weighted by Gasteiger charge is 2.24. The van der Waals surface area contributed by atoms with Gasteiger partial charge in [-0.2, -0.15) is 0 Å². The maximum Gasteiger partial charge on any atom is 0.276 e. The number of anilines is 1. The number of aliphatic imine (C=N–C) groups is 1. The fraction of sp³-hybridized carbons (Fsp3) is 0.0667. The molecule has 21 heavy (non-hydrogen) atoms. The number of nitrogens with one attached hydrogen (secondary N) is 1. The Hall–Kier alpha value is -2.60. The van der Waals surface area contributed by atoms with Crippen LogP contribution in [0.15, 0.2) is 47.5 Å². The molecule has 1 amide bonds. The van der Waals surface area contributed by atoms with Crippen molar-refractivity contribution in [2.75, 3.05) is 5.32 Å². The summed E-state index contributed by atoms with van der Waals surface area (Å²) in [6.07, 6.45) is -1.61. The Bertz CT molecular complexity index is 742. The lowest BCUT2D eigenvalue weighted by molar-refractivity contribution is -0.123. The third kappa shape index (κ3) is 2.53. The smallest absolute Gasteiger partial charge is 0.276 e. The molecule has 0 fully saturated rings. The zero-order valence-electron chi connectivity index (χ0n) is 10.7. The fourth-order valence-corrected chi connectivity index (χ4v) is 2.11. The fourth-order valence-electron chi connectivity index (χ4n) is 2.11. The number of carbonyl (C=O) groups excluding carboxylic acids is 1. The van der Waals surface area contributed by atoms with Gasteiger partial charge in [0.1, 0.15) is 11.6 Å². The second kappa shape index (κ2) is 5.06. The van der Waals surface area contributed by atoms with Gasteiger partial charge < -0.3 is 10.4 Å². The van der Waals surface area contributed by atoms with Gasteiger partial charge >= 0.3 is 0 Å². The van der Waals surface area contributed by atoms with Crippen molar-refractivity contribution in [2.24, 2.45) is 4.99 Å². The number of hydrogen-bond donors (Lipinski definition) is 2. The van der Waals surface area contributed by atoms with Gasteiger partial charge in [0.25, 0.3) is 5.91 Å². The number of nitrogens with zero attached hydrogens (tertiary/aromatic N) is 1. The van der Waals surface area contributed by atoms with Crippen molar-refractivity contribution in [3.63, 3.8) is 0 Å². The maximum atomic E-state index is 13.5. The summed E-state index contributed by atoms with van der Waals surface area (Å²) in [6.45, 7) is 0. The molecule has 0 bridgehead atoms. The first-order valence-electron chi connectivity index (χ1n) is 6.17. The number of fused-ring (bicyclic) bond motifs is 1. The highest BCUT2D eigenvalue weighted by Crippen LogP contribution is 2.25. The number of hydrogen-bond acceptors (Lipinski definition) is 3. The highest BCUT2D eigenvalue weighted by molar-refractivity contribution is 6.19. The van der Waals surface area contributed by atoms with Crippen LogP contribution in [0.25, 0.3) is 0 Å². The van der Waals surface area contributed by atoms with Crippen molar-refractivity contribution < 1.29 is 18.7 Å². The highest BCUT2D eigenvalue weighted by atomic mass is 19.1. The molecule has 0 saturated carbocycles. The van der Waals surface area contributed by atoms with Crippen LogP contribution in [0, 0.1) is 11.6 Å². The molecule has 0 aliphatic carbocycles. The molecule has 0 radical (unpaired) electrons. The van der Waals surface area contributed by atoms with Crippen molar-refractivity contribution in [3.8, 4) is 0 Å². The first-order valence-corrected chi connectivity index (χ1v) is 6.17. The lowest BCUT2D eigenvalue weighted by Gasteiger charge is -2.09. The Labute approximate surface area is 118 Å². The quantitative estimate of drug-likeness (QED) is 0.844. The van der Waals surface area contributed by atoms with Crippen molar-refractivity contribution in [2.45, 2.75) is 6.23 Å². The number of halogens is 2. The first-order chi connectivity index (χ1) is 10.0. The third-order valence-corrected chi connectivity index (χ3v) is 3.10. The SMILES string of the molecule is O=C1Nc2ccc(F)cc2C(c2ccc(F)cc2)=NC1O. The summed E-state index contributed by atoms with van der Waals surface area (Å²) in [5.74, 6) is -1.64. The molecule has 2 aromatic rings. The number of carbonyl (C=O) groups is 1. The number of rotatable bonds is 1. The van der Waals surface area contributed by atoms with E-state index in [9.17, 15) is 18.7 Å². The number of amides is 1. The van der Waals surface area contributed by atoms with E-state index in [1.807, 2.05) is 0 Å². The van der Waals surface area contributed by atoms with E-state index in [0.717, 1.165) is 0 Å². The van der Waals surface area contributed by atoms with Gasteiger partial charge in [-0.3, -0.25) is 4.79 Å².